The lowest BCUT2D eigenvalue weighted by Crippen LogP contribution is -2.30. The number of amides is 1. The SMILES string of the molecule is C[C@@H](OC(=O)c1cccc(Cl)c1)C(N)=O. The zero-order chi connectivity index (χ0) is 11.4. The molecule has 0 heterocycles. The Hall–Kier alpha value is -1.55. The molecule has 0 fully saturated rings. The molecule has 4 nitrogen and oxygen atoms in total. The second kappa shape index (κ2) is 4.79. The number of primary amides is 1. The van der Waals surface area contributed by atoms with Crippen molar-refractivity contribution < 1.29 is 14.3 Å². The van der Waals surface area contributed by atoms with Gasteiger partial charge < -0.3 is 10.5 Å². The standard InChI is InChI=1S/C10H10ClNO3/c1-6(9(12)13)15-10(14)7-3-2-4-8(11)5-7/h2-6H,1H3,(H2,12,13)/t6-/m1/s1. The molecule has 0 aliphatic rings. The lowest BCUT2D eigenvalue weighted by molar-refractivity contribution is -0.125. The molecule has 1 aromatic rings. The number of carbonyl (C=O) groups is 2. The first kappa shape index (κ1) is 11.5. The first-order chi connectivity index (χ1) is 7.00. The van der Waals surface area contributed by atoms with E-state index in [1.807, 2.05) is 0 Å². The number of nitrogens with two attached hydrogens (primary N) is 1. The van der Waals surface area contributed by atoms with Crippen LogP contribution < -0.4 is 5.73 Å². The Balaban J connectivity index is 2.73. The first-order valence-electron chi connectivity index (χ1n) is 4.26. The molecule has 0 saturated heterocycles. The van der Waals surface area contributed by atoms with Crippen molar-refractivity contribution in [2.24, 2.45) is 5.73 Å². The summed E-state index contributed by atoms with van der Waals surface area (Å²) < 4.78 is 4.78. The second-order valence-electron chi connectivity index (χ2n) is 2.96. The van der Waals surface area contributed by atoms with Gasteiger partial charge in [-0.3, -0.25) is 4.79 Å². The quantitative estimate of drug-likeness (QED) is 0.793. The third-order valence-corrected chi connectivity index (χ3v) is 1.98. The van der Waals surface area contributed by atoms with E-state index in [1.54, 1.807) is 18.2 Å². The molecule has 0 bridgehead atoms. The van der Waals surface area contributed by atoms with Gasteiger partial charge in [0.05, 0.1) is 5.56 Å². The molecule has 0 aliphatic heterocycles. The lowest BCUT2D eigenvalue weighted by atomic mass is 10.2. The predicted molar refractivity (Wildman–Crippen MR) is 55.5 cm³/mol. The highest BCUT2D eigenvalue weighted by Crippen LogP contribution is 2.12. The molecule has 0 radical (unpaired) electrons. The number of halogens is 1. The summed E-state index contributed by atoms with van der Waals surface area (Å²) in [5.74, 6) is -1.31. The average molecular weight is 228 g/mol. The van der Waals surface area contributed by atoms with Crippen LogP contribution in [0.5, 0.6) is 0 Å². The smallest absolute Gasteiger partial charge is 0.338 e. The van der Waals surface area contributed by atoms with Gasteiger partial charge in [0.25, 0.3) is 5.91 Å². The van der Waals surface area contributed by atoms with Crippen molar-refractivity contribution in [1.29, 1.82) is 0 Å². The number of hydrogen-bond acceptors (Lipinski definition) is 3. The van der Waals surface area contributed by atoms with Gasteiger partial charge in [-0.1, -0.05) is 17.7 Å². The summed E-state index contributed by atoms with van der Waals surface area (Å²) in [7, 11) is 0. The van der Waals surface area contributed by atoms with Crippen LogP contribution in [0.3, 0.4) is 0 Å². The molecule has 2 N–H and O–H groups in total. The fourth-order valence-electron chi connectivity index (χ4n) is 0.902. The number of ether oxygens (including phenoxy) is 1. The van der Waals surface area contributed by atoms with Crippen molar-refractivity contribution in [2.45, 2.75) is 13.0 Å². The van der Waals surface area contributed by atoms with Crippen molar-refractivity contribution in [3.05, 3.63) is 34.9 Å². The number of esters is 1. The minimum atomic E-state index is -0.948. The van der Waals surface area contributed by atoms with Crippen molar-refractivity contribution in [1.82, 2.24) is 0 Å². The number of benzene rings is 1. The highest BCUT2D eigenvalue weighted by Gasteiger charge is 2.15. The monoisotopic (exact) mass is 227 g/mol. The zero-order valence-electron chi connectivity index (χ0n) is 8.07. The summed E-state index contributed by atoms with van der Waals surface area (Å²) in [6.07, 6.45) is -0.948. The molecule has 0 aliphatic carbocycles. The van der Waals surface area contributed by atoms with Crippen LogP contribution in [0.1, 0.15) is 17.3 Å². The number of hydrogen-bond donors (Lipinski definition) is 1. The highest BCUT2D eigenvalue weighted by atomic mass is 35.5. The molecule has 0 aromatic heterocycles. The van der Waals surface area contributed by atoms with Crippen LogP contribution in [0.15, 0.2) is 24.3 Å². The third-order valence-electron chi connectivity index (χ3n) is 1.74. The summed E-state index contributed by atoms with van der Waals surface area (Å²) in [5, 5.41) is 0.427. The Bertz CT molecular complexity index is 392. The fourth-order valence-corrected chi connectivity index (χ4v) is 1.09. The number of carbonyl (C=O) groups excluding carboxylic acids is 2. The molecule has 1 atom stereocenters. The van der Waals surface area contributed by atoms with Gasteiger partial charge in [-0.15, -0.1) is 0 Å². The molecule has 0 spiro atoms. The van der Waals surface area contributed by atoms with E-state index in [9.17, 15) is 9.59 Å². The van der Waals surface area contributed by atoms with E-state index in [0.717, 1.165) is 0 Å². The minimum absolute atomic E-state index is 0.288. The Morgan fingerprint density at radius 3 is 2.67 bits per heavy atom. The topological polar surface area (TPSA) is 69.4 Å². The van der Waals surface area contributed by atoms with Crippen LogP contribution in [0.4, 0.5) is 0 Å². The van der Waals surface area contributed by atoms with Crippen molar-refractivity contribution in [3.63, 3.8) is 0 Å². The normalized spacial score (nSPS) is 11.9. The molecule has 80 valence electrons. The van der Waals surface area contributed by atoms with Crippen LogP contribution in [0, 0.1) is 0 Å². The molecule has 0 saturated carbocycles. The van der Waals surface area contributed by atoms with Gasteiger partial charge in [0, 0.05) is 5.02 Å². The van der Waals surface area contributed by atoms with Crippen LogP contribution in [0.2, 0.25) is 5.02 Å². The zero-order valence-corrected chi connectivity index (χ0v) is 8.82. The summed E-state index contributed by atoms with van der Waals surface area (Å²) in [6, 6.07) is 6.25. The van der Waals surface area contributed by atoms with Gasteiger partial charge >= 0.3 is 5.97 Å². The maximum atomic E-state index is 11.4. The van der Waals surface area contributed by atoms with E-state index in [1.165, 1.54) is 13.0 Å². The third kappa shape index (κ3) is 3.25. The van der Waals surface area contributed by atoms with Gasteiger partial charge in [0.2, 0.25) is 0 Å². The Kier molecular flexibility index (Phi) is 3.68. The maximum absolute atomic E-state index is 11.4. The van der Waals surface area contributed by atoms with E-state index < -0.39 is 18.0 Å². The average Bonchev–Trinajstić information content (AvgIpc) is 2.17. The van der Waals surface area contributed by atoms with Gasteiger partial charge in [-0.05, 0) is 25.1 Å². The number of rotatable bonds is 3. The van der Waals surface area contributed by atoms with Crippen molar-refractivity contribution in [2.75, 3.05) is 0 Å². The first-order valence-corrected chi connectivity index (χ1v) is 4.64. The lowest BCUT2D eigenvalue weighted by Gasteiger charge is -2.09. The Morgan fingerprint density at radius 2 is 2.13 bits per heavy atom. The molecule has 5 heteroatoms. The maximum Gasteiger partial charge on any atom is 0.338 e. The highest BCUT2D eigenvalue weighted by molar-refractivity contribution is 6.30. The molecule has 1 amide bonds. The molecule has 0 unspecified atom stereocenters. The second-order valence-corrected chi connectivity index (χ2v) is 3.40. The molecule has 1 rings (SSSR count). The molecular weight excluding hydrogens is 218 g/mol. The van der Waals surface area contributed by atoms with Crippen molar-refractivity contribution >= 4 is 23.5 Å². The van der Waals surface area contributed by atoms with Crippen LogP contribution in [0.25, 0.3) is 0 Å². The van der Waals surface area contributed by atoms with E-state index in [0.29, 0.717) is 5.02 Å². The van der Waals surface area contributed by atoms with Crippen LogP contribution in [-0.2, 0) is 9.53 Å². The van der Waals surface area contributed by atoms with Gasteiger partial charge in [0.15, 0.2) is 6.10 Å². The summed E-state index contributed by atoms with van der Waals surface area (Å²) >= 11 is 5.69. The van der Waals surface area contributed by atoms with E-state index in [-0.39, 0.29) is 5.56 Å². The molecule has 1 aromatic carbocycles. The predicted octanol–water partition coefficient (Wildman–Crippen LogP) is 1.37. The van der Waals surface area contributed by atoms with Crippen molar-refractivity contribution in [3.8, 4) is 0 Å². The largest absolute Gasteiger partial charge is 0.449 e. The van der Waals surface area contributed by atoms with Gasteiger partial charge in [-0.2, -0.15) is 0 Å². The molecular formula is C10H10ClNO3. The van der Waals surface area contributed by atoms with Crippen LogP contribution in [-0.4, -0.2) is 18.0 Å². The Morgan fingerprint density at radius 1 is 1.47 bits per heavy atom. The van der Waals surface area contributed by atoms with E-state index in [2.05, 4.69) is 0 Å². The Labute approximate surface area is 92.0 Å². The fraction of sp³-hybridized carbons (Fsp3) is 0.200. The van der Waals surface area contributed by atoms with E-state index in [4.69, 9.17) is 22.1 Å². The van der Waals surface area contributed by atoms with Crippen LogP contribution >= 0.6 is 11.6 Å². The summed E-state index contributed by atoms with van der Waals surface area (Å²) in [4.78, 5) is 22.1. The summed E-state index contributed by atoms with van der Waals surface area (Å²) in [6.45, 7) is 1.41. The molecule has 15 heavy (non-hydrogen) atoms. The summed E-state index contributed by atoms with van der Waals surface area (Å²) in [5.41, 5.74) is 5.24. The van der Waals surface area contributed by atoms with Gasteiger partial charge in [0.1, 0.15) is 0 Å². The van der Waals surface area contributed by atoms with Gasteiger partial charge in [-0.25, -0.2) is 4.79 Å². The minimum Gasteiger partial charge on any atom is -0.449 e. The van der Waals surface area contributed by atoms with E-state index >= 15 is 0 Å².